The van der Waals surface area contributed by atoms with Crippen molar-refractivity contribution in [2.75, 3.05) is 20.8 Å². The zero-order valence-corrected chi connectivity index (χ0v) is 13.0. The maximum atomic E-state index is 6.21. The maximum Gasteiger partial charge on any atom is 0.123 e. The SMILES string of the molecule is CCc1c(OC)ccc(OC)c1C1(CN)CCCCC1. The van der Waals surface area contributed by atoms with Crippen molar-refractivity contribution in [1.82, 2.24) is 0 Å². The first-order chi connectivity index (χ1) is 9.72. The Labute approximate surface area is 122 Å². The summed E-state index contributed by atoms with van der Waals surface area (Å²) in [5, 5.41) is 0. The highest BCUT2D eigenvalue weighted by Gasteiger charge is 2.37. The van der Waals surface area contributed by atoms with Crippen molar-refractivity contribution in [3.8, 4) is 11.5 Å². The molecule has 1 saturated carbocycles. The summed E-state index contributed by atoms with van der Waals surface area (Å²) >= 11 is 0. The van der Waals surface area contributed by atoms with Crippen LogP contribution in [-0.2, 0) is 11.8 Å². The van der Waals surface area contributed by atoms with E-state index in [4.69, 9.17) is 15.2 Å². The van der Waals surface area contributed by atoms with E-state index in [1.165, 1.54) is 30.4 Å². The Morgan fingerprint density at radius 3 is 2.15 bits per heavy atom. The molecule has 2 N–H and O–H groups in total. The van der Waals surface area contributed by atoms with Gasteiger partial charge < -0.3 is 15.2 Å². The molecule has 0 radical (unpaired) electrons. The molecule has 3 nitrogen and oxygen atoms in total. The first-order valence-corrected chi connectivity index (χ1v) is 7.66. The van der Waals surface area contributed by atoms with Gasteiger partial charge in [-0.1, -0.05) is 26.2 Å². The minimum Gasteiger partial charge on any atom is -0.496 e. The van der Waals surface area contributed by atoms with Crippen molar-refractivity contribution in [1.29, 1.82) is 0 Å². The molecule has 1 aromatic rings. The quantitative estimate of drug-likeness (QED) is 0.897. The van der Waals surface area contributed by atoms with Crippen LogP contribution in [0.3, 0.4) is 0 Å². The molecule has 0 spiro atoms. The molecule has 1 aliphatic carbocycles. The number of nitrogens with two attached hydrogens (primary N) is 1. The highest BCUT2D eigenvalue weighted by Crippen LogP contribution is 2.46. The van der Waals surface area contributed by atoms with E-state index in [1.54, 1.807) is 14.2 Å². The van der Waals surface area contributed by atoms with Gasteiger partial charge >= 0.3 is 0 Å². The first kappa shape index (κ1) is 15.2. The van der Waals surface area contributed by atoms with E-state index >= 15 is 0 Å². The third-order valence-corrected chi connectivity index (χ3v) is 4.76. The molecule has 0 bridgehead atoms. The minimum atomic E-state index is 0.0590. The Bertz CT molecular complexity index is 451. The number of rotatable bonds is 5. The minimum absolute atomic E-state index is 0.0590. The highest BCUT2D eigenvalue weighted by molar-refractivity contribution is 5.53. The molecule has 0 atom stereocenters. The molecule has 0 aliphatic heterocycles. The molecule has 0 heterocycles. The van der Waals surface area contributed by atoms with E-state index in [1.807, 2.05) is 12.1 Å². The van der Waals surface area contributed by atoms with Gasteiger partial charge in [-0.25, -0.2) is 0 Å². The molecular weight excluding hydrogens is 250 g/mol. The van der Waals surface area contributed by atoms with Gasteiger partial charge in [0.2, 0.25) is 0 Å². The normalized spacial score (nSPS) is 17.8. The van der Waals surface area contributed by atoms with E-state index in [2.05, 4.69) is 6.92 Å². The monoisotopic (exact) mass is 277 g/mol. The fourth-order valence-corrected chi connectivity index (χ4v) is 3.69. The molecule has 1 fully saturated rings. The van der Waals surface area contributed by atoms with E-state index in [0.29, 0.717) is 6.54 Å². The topological polar surface area (TPSA) is 44.5 Å². The number of hydrogen-bond acceptors (Lipinski definition) is 3. The van der Waals surface area contributed by atoms with Gasteiger partial charge in [0.05, 0.1) is 14.2 Å². The van der Waals surface area contributed by atoms with Crippen LogP contribution in [-0.4, -0.2) is 20.8 Å². The molecule has 2 rings (SSSR count). The predicted molar refractivity (Wildman–Crippen MR) is 82.7 cm³/mol. The van der Waals surface area contributed by atoms with Crippen molar-refractivity contribution in [2.24, 2.45) is 5.73 Å². The van der Waals surface area contributed by atoms with Crippen LogP contribution in [0.1, 0.15) is 50.2 Å². The van der Waals surface area contributed by atoms with Crippen LogP contribution in [0.25, 0.3) is 0 Å². The summed E-state index contributed by atoms with van der Waals surface area (Å²) in [4.78, 5) is 0. The van der Waals surface area contributed by atoms with Gasteiger partial charge in [-0.2, -0.15) is 0 Å². The first-order valence-electron chi connectivity index (χ1n) is 7.66. The summed E-state index contributed by atoms with van der Waals surface area (Å²) in [6.07, 6.45) is 7.06. The fraction of sp³-hybridized carbons (Fsp3) is 0.647. The zero-order chi connectivity index (χ0) is 14.6. The van der Waals surface area contributed by atoms with Crippen molar-refractivity contribution >= 4 is 0 Å². The van der Waals surface area contributed by atoms with Gasteiger partial charge in [0.15, 0.2) is 0 Å². The van der Waals surface area contributed by atoms with Crippen LogP contribution in [0, 0.1) is 0 Å². The van der Waals surface area contributed by atoms with E-state index in [9.17, 15) is 0 Å². The second-order valence-electron chi connectivity index (χ2n) is 5.72. The lowest BCUT2D eigenvalue weighted by Gasteiger charge is -2.39. The lowest BCUT2D eigenvalue weighted by atomic mass is 9.67. The Kier molecular flexibility index (Phi) is 4.92. The van der Waals surface area contributed by atoms with Crippen LogP contribution in [0.5, 0.6) is 11.5 Å². The summed E-state index contributed by atoms with van der Waals surface area (Å²) in [7, 11) is 3.48. The molecule has 1 aliphatic rings. The summed E-state index contributed by atoms with van der Waals surface area (Å²) in [5.41, 5.74) is 8.83. The summed E-state index contributed by atoms with van der Waals surface area (Å²) in [6.45, 7) is 2.86. The second kappa shape index (κ2) is 6.49. The average Bonchev–Trinajstić information content (AvgIpc) is 2.53. The summed E-state index contributed by atoms with van der Waals surface area (Å²) < 4.78 is 11.2. The molecular formula is C17H27NO2. The van der Waals surface area contributed by atoms with Crippen molar-refractivity contribution in [3.63, 3.8) is 0 Å². The van der Waals surface area contributed by atoms with Crippen molar-refractivity contribution in [3.05, 3.63) is 23.3 Å². The number of benzene rings is 1. The lowest BCUT2D eigenvalue weighted by molar-refractivity contribution is 0.284. The molecule has 0 aromatic heterocycles. The number of methoxy groups -OCH3 is 2. The zero-order valence-electron chi connectivity index (χ0n) is 13.0. The number of ether oxygens (including phenoxy) is 2. The molecule has 20 heavy (non-hydrogen) atoms. The molecule has 0 amide bonds. The van der Waals surface area contributed by atoms with Crippen molar-refractivity contribution < 1.29 is 9.47 Å². The van der Waals surface area contributed by atoms with Crippen molar-refractivity contribution in [2.45, 2.75) is 50.9 Å². The molecule has 3 heteroatoms. The Morgan fingerprint density at radius 2 is 1.65 bits per heavy atom. The van der Waals surface area contributed by atoms with Crippen LogP contribution >= 0.6 is 0 Å². The molecule has 0 saturated heterocycles. The fourth-order valence-electron chi connectivity index (χ4n) is 3.69. The van der Waals surface area contributed by atoms with Gasteiger partial charge in [-0.05, 0) is 31.4 Å². The van der Waals surface area contributed by atoms with E-state index in [0.717, 1.165) is 30.8 Å². The van der Waals surface area contributed by atoms with Crippen LogP contribution < -0.4 is 15.2 Å². The van der Waals surface area contributed by atoms with Crippen LogP contribution in [0.15, 0.2) is 12.1 Å². The second-order valence-corrected chi connectivity index (χ2v) is 5.72. The Morgan fingerprint density at radius 1 is 1.05 bits per heavy atom. The van der Waals surface area contributed by atoms with E-state index in [-0.39, 0.29) is 5.41 Å². The lowest BCUT2D eigenvalue weighted by Crippen LogP contribution is -2.38. The van der Waals surface area contributed by atoms with Crippen LogP contribution in [0.4, 0.5) is 0 Å². The summed E-state index contributed by atoms with van der Waals surface area (Å²) in [5.74, 6) is 1.93. The Balaban J connectivity index is 2.61. The maximum absolute atomic E-state index is 6.21. The largest absolute Gasteiger partial charge is 0.496 e. The highest BCUT2D eigenvalue weighted by atomic mass is 16.5. The standard InChI is InChI=1S/C17H27NO2/c1-4-13-14(19-2)8-9-15(20-3)16(13)17(12-18)10-6-5-7-11-17/h8-9H,4-7,10-12,18H2,1-3H3. The summed E-state index contributed by atoms with van der Waals surface area (Å²) in [6, 6.07) is 4.04. The molecule has 0 unspecified atom stereocenters. The van der Waals surface area contributed by atoms with Crippen LogP contribution in [0.2, 0.25) is 0 Å². The third-order valence-electron chi connectivity index (χ3n) is 4.76. The number of hydrogen-bond donors (Lipinski definition) is 1. The van der Waals surface area contributed by atoms with E-state index < -0.39 is 0 Å². The van der Waals surface area contributed by atoms with Gasteiger partial charge in [0.25, 0.3) is 0 Å². The molecule has 112 valence electrons. The van der Waals surface area contributed by atoms with Gasteiger partial charge in [0.1, 0.15) is 11.5 Å². The smallest absolute Gasteiger partial charge is 0.123 e. The van der Waals surface area contributed by atoms with Gasteiger partial charge in [-0.15, -0.1) is 0 Å². The van der Waals surface area contributed by atoms with Gasteiger partial charge in [-0.3, -0.25) is 0 Å². The molecule has 1 aromatic carbocycles. The Hall–Kier alpha value is -1.22. The predicted octanol–water partition coefficient (Wildman–Crippen LogP) is 3.43. The van der Waals surface area contributed by atoms with Gasteiger partial charge in [0, 0.05) is 23.1 Å². The third kappa shape index (κ3) is 2.51. The average molecular weight is 277 g/mol.